The fourth-order valence-electron chi connectivity index (χ4n) is 1.96. The van der Waals surface area contributed by atoms with Gasteiger partial charge in [-0.3, -0.25) is 0 Å². The topological polar surface area (TPSA) is 63.3 Å². The molecule has 3 rings (SSSR count). The van der Waals surface area contributed by atoms with Gasteiger partial charge in [0.25, 0.3) is 0 Å². The minimum absolute atomic E-state index is 0.593. The number of aryl methyl sites for hydroxylation is 2. The molecule has 0 unspecified atom stereocenters. The summed E-state index contributed by atoms with van der Waals surface area (Å²) in [6.45, 7) is 3.83. The number of anilines is 1. The molecule has 3 radical (unpaired) electrons. The molecule has 23 heavy (non-hydrogen) atoms. The molecule has 1 aromatic carbocycles. The van der Waals surface area contributed by atoms with Gasteiger partial charge in [-0.25, -0.2) is 0 Å². The van der Waals surface area contributed by atoms with Crippen LogP contribution in [0.4, 0.5) is 5.82 Å². The van der Waals surface area contributed by atoms with Crippen molar-refractivity contribution < 1.29 is 4.42 Å². The van der Waals surface area contributed by atoms with Crippen molar-refractivity contribution >= 4 is 34.9 Å². The first kappa shape index (κ1) is 15.9. The van der Waals surface area contributed by atoms with Crippen molar-refractivity contribution in [1.82, 2.24) is 9.97 Å². The maximum absolute atomic E-state index is 5.60. The number of hydrazone groups is 1. The summed E-state index contributed by atoms with van der Waals surface area (Å²) in [6, 6.07) is 13.9. The van der Waals surface area contributed by atoms with Crippen molar-refractivity contribution in [2.75, 3.05) is 5.43 Å². The van der Waals surface area contributed by atoms with Gasteiger partial charge in [0.05, 0.1) is 0 Å². The molecule has 2 aromatic heterocycles. The summed E-state index contributed by atoms with van der Waals surface area (Å²) >= 11 is 0.852. The second kappa shape index (κ2) is 7.03. The molecule has 0 aliphatic heterocycles. The average Bonchev–Trinajstić information content (AvgIpc) is 2.93. The molecule has 0 fully saturated rings. The van der Waals surface area contributed by atoms with Gasteiger partial charge >= 0.3 is 151 Å². The van der Waals surface area contributed by atoms with Crippen LogP contribution in [-0.4, -0.2) is 39.0 Å². The van der Waals surface area contributed by atoms with Crippen LogP contribution in [0.1, 0.15) is 17.0 Å². The first-order valence-corrected chi connectivity index (χ1v) is 9.09. The van der Waals surface area contributed by atoms with Gasteiger partial charge < -0.3 is 0 Å². The SMILES string of the molecule is Cc1nc(-c2ccc(N/N=[C](/[Pb])c3ccccc3)nc2)oc1C. The van der Waals surface area contributed by atoms with E-state index < -0.39 is 0 Å². The molecule has 1 N–H and O–H groups in total. The molecular weight excluding hydrogens is 483 g/mol. The Morgan fingerprint density at radius 3 is 2.52 bits per heavy atom. The van der Waals surface area contributed by atoms with E-state index in [0.29, 0.717) is 11.7 Å². The number of nitrogens with zero attached hydrogens (tertiary/aromatic N) is 3. The summed E-state index contributed by atoms with van der Waals surface area (Å²) in [4.78, 5) is 8.73. The van der Waals surface area contributed by atoms with E-state index in [0.717, 1.165) is 51.6 Å². The molecule has 0 saturated heterocycles. The zero-order valence-electron chi connectivity index (χ0n) is 12.9. The van der Waals surface area contributed by atoms with Crippen LogP contribution in [0.2, 0.25) is 0 Å². The van der Waals surface area contributed by atoms with Crippen LogP contribution < -0.4 is 5.43 Å². The maximum atomic E-state index is 5.60. The van der Waals surface area contributed by atoms with Crippen LogP contribution in [0.5, 0.6) is 0 Å². The van der Waals surface area contributed by atoms with E-state index >= 15 is 0 Å². The van der Waals surface area contributed by atoms with Crippen molar-refractivity contribution in [3.63, 3.8) is 0 Å². The van der Waals surface area contributed by atoms with Gasteiger partial charge in [-0.15, -0.1) is 0 Å². The fourth-order valence-corrected chi connectivity index (χ4v) is 2.82. The van der Waals surface area contributed by atoms with Gasteiger partial charge in [-0.2, -0.15) is 0 Å². The quantitative estimate of drug-likeness (QED) is 0.341. The Bertz CT molecular complexity index is 806. The molecule has 0 amide bonds. The van der Waals surface area contributed by atoms with Crippen LogP contribution in [0, 0.1) is 13.8 Å². The zero-order chi connectivity index (χ0) is 16.2. The minimum atomic E-state index is 0.593. The first-order chi connectivity index (χ1) is 11.1. The molecule has 0 atom stereocenters. The van der Waals surface area contributed by atoms with Crippen molar-refractivity contribution in [3.05, 3.63) is 65.7 Å². The molecule has 0 aliphatic carbocycles. The van der Waals surface area contributed by atoms with E-state index in [2.05, 4.69) is 32.6 Å². The van der Waals surface area contributed by atoms with E-state index in [1.807, 2.05) is 44.2 Å². The van der Waals surface area contributed by atoms with Crippen LogP contribution in [0.3, 0.4) is 0 Å². The molecule has 113 valence electrons. The summed E-state index contributed by atoms with van der Waals surface area (Å²) in [7, 11) is 0. The Labute approximate surface area is 150 Å². The Balaban J connectivity index is 1.73. The van der Waals surface area contributed by atoms with Crippen molar-refractivity contribution in [1.29, 1.82) is 0 Å². The molecule has 0 bridgehead atoms. The number of benzene rings is 1. The summed E-state index contributed by atoms with van der Waals surface area (Å²) < 4.78 is 6.64. The number of oxazole rings is 1. The third-order valence-electron chi connectivity index (χ3n) is 3.37. The van der Waals surface area contributed by atoms with Crippen LogP contribution in [-0.2, 0) is 0 Å². The molecule has 6 heteroatoms. The van der Waals surface area contributed by atoms with Crippen molar-refractivity contribution in [2.24, 2.45) is 5.10 Å². The van der Waals surface area contributed by atoms with Crippen LogP contribution >= 0.6 is 0 Å². The standard InChI is InChI=1S/C17H15N4O.Pb/c1-12-13(2)22-17(20-12)15-8-9-16(18-11-15)21-19-10-14-6-4-3-5-7-14;/h3-9,11H,1-2H3,(H,18,21);. The molecular formula is C17H15N4OPb. The predicted octanol–water partition coefficient (Wildman–Crippen LogP) is 3.30. The molecule has 5 nitrogen and oxygen atoms in total. The van der Waals surface area contributed by atoms with E-state index in [1.54, 1.807) is 6.20 Å². The second-order valence-corrected chi connectivity index (χ2v) is 6.87. The number of rotatable bonds is 4. The molecule has 0 aliphatic rings. The van der Waals surface area contributed by atoms with Gasteiger partial charge in [0.15, 0.2) is 0 Å². The third-order valence-corrected chi connectivity index (χ3v) is 4.93. The molecule has 0 spiro atoms. The van der Waals surface area contributed by atoms with Crippen LogP contribution in [0.25, 0.3) is 11.5 Å². The van der Waals surface area contributed by atoms with E-state index in [9.17, 15) is 0 Å². The number of hydrogen-bond donors (Lipinski definition) is 1. The Hall–Kier alpha value is -2.03. The molecule has 0 saturated carbocycles. The van der Waals surface area contributed by atoms with Crippen molar-refractivity contribution in [2.45, 2.75) is 13.8 Å². The predicted molar refractivity (Wildman–Crippen MR) is 91.6 cm³/mol. The van der Waals surface area contributed by atoms with Crippen molar-refractivity contribution in [3.8, 4) is 11.5 Å². The Morgan fingerprint density at radius 1 is 1.13 bits per heavy atom. The number of aromatic nitrogens is 2. The summed E-state index contributed by atoms with van der Waals surface area (Å²) in [5.74, 6) is 2.11. The number of hydrogen-bond acceptors (Lipinski definition) is 5. The summed E-state index contributed by atoms with van der Waals surface area (Å²) in [6.07, 6.45) is 1.73. The van der Waals surface area contributed by atoms with Crippen LogP contribution in [0.15, 0.2) is 58.2 Å². The Morgan fingerprint density at radius 2 is 1.91 bits per heavy atom. The summed E-state index contributed by atoms with van der Waals surface area (Å²) in [5, 5.41) is 4.41. The van der Waals surface area contributed by atoms with Gasteiger partial charge in [0.2, 0.25) is 0 Å². The molecule has 2 heterocycles. The van der Waals surface area contributed by atoms with E-state index in [1.165, 1.54) is 0 Å². The average molecular weight is 499 g/mol. The van der Waals surface area contributed by atoms with Gasteiger partial charge in [-0.1, -0.05) is 0 Å². The third kappa shape index (κ3) is 3.84. The van der Waals surface area contributed by atoms with Gasteiger partial charge in [-0.05, 0) is 0 Å². The number of nitrogens with one attached hydrogen (secondary N) is 1. The molecule has 3 aromatic rings. The number of pyridine rings is 1. The van der Waals surface area contributed by atoms with Gasteiger partial charge in [0.1, 0.15) is 0 Å². The summed E-state index contributed by atoms with van der Waals surface area (Å²) in [5.41, 5.74) is 5.88. The fraction of sp³-hybridized carbons (Fsp3) is 0.118. The monoisotopic (exact) mass is 499 g/mol. The second-order valence-electron chi connectivity index (χ2n) is 5.03. The van der Waals surface area contributed by atoms with E-state index in [4.69, 9.17) is 4.42 Å². The normalized spacial score (nSPS) is 11.5. The van der Waals surface area contributed by atoms with E-state index in [-0.39, 0.29) is 0 Å². The zero-order valence-corrected chi connectivity index (χ0v) is 16.8. The Kier molecular flexibility index (Phi) is 4.85. The van der Waals surface area contributed by atoms with Gasteiger partial charge in [0, 0.05) is 0 Å². The first-order valence-electron chi connectivity index (χ1n) is 7.14.